The molecule has 8 nitrogen and oxygen atoms in total. The summed E-state index contributed by atoms with van der Waals surface area (Å²) in [5.74, 6) is -1.45. The number of halogens is 1. The van der Waals surface area contributed by atoms with Crippen LogP contribution in [-0.4, -0.2) is 32.1 Å². The second kappa shape index (κ2) is 10.5. The van der Waals surface area contributed by atoms with E-state index in [4.69, 9.17) is 4.52 Å². The molecule has 0 aliphatic heterocycles. The third kappa shape index (κ3) is 4.98. The van der Waals surface area contributed by atoms with Gasteiger partial charge < -0.3 is 19.9 Å². The monoisotopic (exact) mass is 504 g/mol. The molecule has 2 aromatic heterocycles. The van der Waals surface area contributed by atoms with Crippen LogP contribution >= 0.6 is 0 Å². The van der Waals surface area contributed by atoms with Gasteiger partial charge in [-0.1, -0.05) is 55.5 Å². The van der Waals surface area contributed by atoms with Crippen LogP contribution in [-0.2, 0) is 0 Å². The van der Waals surface area contributed by atoms with Crippen LogP contribution < -0.4 is 5.32 Å². The number of rotatable bonds is 6. The average molecular weight is 505 g/mol. The van der Waals surface area contributed by atoms with Gasteiger partial charge in [0, 0.05) is 5.56 Å². The Morgan fingerprint density at radius 1 is 1.05 bits per heavy atom. The number of carbonyl (C=O) groups is 2. The number of benzene rings is 2. The first kappa shape index (κ1) is 24.7. The van der Waals surface area contributed by atoms with Crippen molar-refractivity contribution >= 4 is 22.9 Å². The van der Waals surface area contributed by atoms with Crippen molar-refractivity contribution in [2.45, 2.75) is 57.9 Å². The summed E-state index contributed by atoms with van der Waals surface area (Å²) in [7, 11) is 0. The summed E-state index contributed by atoms with van der Waals surface area (Å²) in [5.41, 5.74) is 1.90. The summed E-state index contributed by atoms with van der Waals surface area (Å²) in [6.07, 6.45) is 8.76. The lowest BCUT2D eigenvalue weighted by Crippen LogP contribution is -2.35. The molecule has 2 heterocycles. The fourth-order valence-electron chi connectivity index (χ4n) is 5.28. The second-order valence-corrected chi connectivity index (χ2v) is 9.67. The summed E-state index contributed by atoms with van der Waals surface area (Å²) in [5, 5.41) is 16.5. The first-order chi connectivity index (χ1) is 17.9. The maximum Gasteiger partial charge on any atom is 0.336 e. The SMILES string of the molecule is Cc1nocc1C(=O)NC(c1nc2c(F)c(-c3ccccc3C(=O)O)ccc2[nH]1)C1CCCCCCC1. The number of hydrogen-bond acceptors (Lipinski definition) is 5. The molecule has 1 fully saturated rings. The van der Waals surface area contributed by atoms with Crippen molar-refractivity contribution in [3.05, 3.63) is 71.1 Å². The van der Waals surface area contributed by atoms with Crippen molar-refractivity contribution < 1.29 is 23.6 Å². The quantitative estimate of drug-likeness (QED) is 0.288. The van der Waals surface area contributed by atoms with Crippen LogP contribution in [0.25, 0.3) is 22.2 Å². The summed E-state index contributed by atoms with van der Waals surface area (Å²) in [6, 6.07) is 9.12. The number of nitrogens with zero attached hydrogens (tertiary/aromatic N) is 2. The lowest BCUT2D eigenvalue weighted by atomic mass is 9.85. The van der Waals surface area contributed by atoms with Crippen LogP contribution in [0.5, 0.6) is 0 Å². The number of carboxylic acids is 1. The van der Waals surface area contributed by atoms with Gasteiger partial charge in [0.2, 0.25) is 0 Å². The van der Waals surface area contributed by atoms with Crippen LogP contribution in [0.3, 0.4) is 0 Å². The maximum absolute atomic E-state index is 15.8. The minimum absolute atomic E-state index is 0.0141. The van der Waals surface area contributed by atoms with Crippen LogP contribution in [0.2, 0.25) is 0 Å². The van der Waals surface area contributed by atoms with Gasteiger partial charge in [-0.15, -0.1) is 0 Å². The van der Waals surface area contributed by atoms with E-state index in [9.17, 15) is 14.7 Å². The van der Waals surface area contributed by atoms with E-state index in [0.717, 1.165) is 38.5 Å². The third-order valence-corrected chi connectivity index (χ3v) is 7.26. The largest absolute Gasteiger partial charge is 0.478 e. The molecule has 192 valence electrons. The van der Waals surface area contributed by atoms with Crippen LogP contribution in [0.15, 0.2) is 47.2 Å². The lowest BCUT2D eigenvalue weighted by molar-refractivity contribution is 0.0697. The number of imidazole rings is 1. The number of aromatic carboxylic acids is 1. The summed E-state index contributed by atoms with van der Waals surface area (Å²) in [6.45, 7) is 1.70. The minimum Gasteiger partial charge on any atom is -0.478 e. The Labute approximate surface area is 213 Å². The van der Waals surface area contributed by atoms with E-state index in [-0.39, 0.29) is 34.0 Å². The highest BCUT2D eigenvalue weighted by Gasteiger charge is 2.30. The van der Waals surface area contributed by atoms with Gasteiger partial charge in [0.1, 0.15) is 23.2 Å². The molecule has 3 N–H and O–H groups in total. The zero-order chi connectivity index (χ0) is 25.9. The van der Waals surface area contributed by atoms with Gasteiger partial charge in [0.05, 0.1) is 22.8 Å². The number of nitrogens with one attached hydrogen (secondary N) is 2. The molecule has 0 radical (unpaired) electrons. The number of aryl methyl sites for hydroxylation is 1. The predicted octanol–water partition coefficient (Wildman–Crippen LogP) is 6.20. The van der Waals surface area contributed by atoms with E-state index < -0.39 is 17.8 Å². The molecule has 2 aromatic carbocycles. The summed E-state index contributed by atoms with van der Waals surface area (Å²) < 4.78 is 20.7. The Morgan fingerprint density at radius 3 is 2.49 bits per heavy atom. The normalized spacial score (nSPS) is 15.7. The summed E-state index contributed by atoms with van der Waals surface area (Å²) >= 11 is 0. The molecular weight excluding hydrogens is 475 g/mol. The highest BCUT2D eigenvalue weighted by molar-refractivity contribution is 5.97. The molecule has 5 rings (SSSR count). The highest BCUT2D eigenvalue weighted by atomic mass is 19.1. The molecule has 0 spiro atoms. The molecule has 1 amide bonds. The van der Waals surface area contributed by atoms with Gasteiger partial charge in [-0.2, -0.15) is 0 Å². The van der Waals surface area contributed by atoms with E-state index in [0.29, 0.717) is 22.6 Å². The Balaban J connectivity index is 1.55. The smallest absolute Gasteiger partial charge is 0.336 e. The fourth-order valence-corrected chi connectivity index (χ4v) is 5.28. The molecule has 1 unspecified atom stereocenters. The number of fused-ring (bicyclic) bond motifs is 1. The van der Waals surface area contributed by atoms with E-state index in [1.165, 1.54) is 18.8 Å². The van der Waals surface area contributed by atoms with Crippen molar-refractivity contribution in [2.24, 2.45) is 5.92 Å². The van der Waals surface area contributed by atoms with Gasteiger partial charge >= 0.3 is 5.97 Å². The standard InChI is InChI=1S/C28H29FN4O4/c1-16-21(15-37-33-16)27(34)32-24(17-9-5-3-2-4-6-10-17)26-30-22-14-13-19(23(29)25(22)31-26)18-11-7-8-12-20(18)28(35)36/h7-8,11-15,17,24H,2-6,9-10H2,1H3,(H,30,31)(H,32,34)(H,35,36). The van der Waals surface area contributed by atoms with Gasteiger partial charge in [-0.05, 0) is 49.4 Å². The van der Waals surface area contributed by atoms with E-state index in [2.05, 4.69) is 20.4 Å². The van der Waals surface area contributed by atoms with Crippen LogP contribution in [0.4, 0.5) is 4.39 Å². The van der Waals surface area contributed by atoms with Crippen molar-refractivity contribution in [2.75, 3.05) is 0 Å². The molecule has 37 heavy (non-hydrogen) atoms. The highest BCUT2D eigenvalue weighted by Crippen LogP contribution is 2.35. The van der Waals surface area contributed by atoms with Crippen LogP contribution in [0, 0.1) is 18.7 Å². The van der Waals surface area contributed by atoms with E-state index >= 15 is 4.39 Å². The number of carbonyl (C=O) groups excluding carboxylic acids is 1. The summed E-state index contributed by atoms with van der Waals surface area (Å²) in [4.78, 5) is 32.7. The van der Waals surface area contributed by atoms with Crippen molar-refractivity contribution in [3.63, 3.8) is 0 Å². The number of hydrogen-bond donors (Lipinski definition) is 3. The molecule has 0 saturated heterocycles. The van der Waals surface area contributed by atoms with Crippen molar-refractivity contribution in [1.82, 2.24) is 20.4 Å². The van der Waals surface area contributed by atoms with Crippen LogP contribution in [0.1, 0.15) is 83.2 Å². The van der Waals surface area contributed by atoms with Gasteiger partial charge in [-0.3, -0.25) is 4.79 Å². The molecule has 1 aliphatic carbocycles. The van der Waals surface area contributed by atoms with Crippen molar-refractivity contribution in [1.29, 1.82) is 0 Å². The lowest BCUT2D eigenvalue weighted by Gasteiger charge is -2.28. The second-order valence-electron chi connectivity index (χ2n) is 9.67. The van der Waals surface area contributed by atoms with E-state index in [1.807, 2.05) is 0 Å². The first-order valence-corrected chi connectivity index (χ1v) is 12.7. The Hall–Kier alpha value is -4.01. The average Bonchev–Trinajstić information content (AvgIpc) is 3.50. The minimum atomic E-state index is -1.13. The molecule has 1 aliphatic rings. The van der Waals surface area contributed by atoms with E-state index in [1.54, 1.807) is 37.3 Å². The maximum atomic E-state index is 15.8. The topological polar surface area (TPSA) is 121 Å². The zero-order valence-corrected chi connectivity index (χ0v) is 20.6. The Morgan fingerprint density at radius 2 is 1.78 bits per heavy atom. The Bertz CT molecular complexity index is 1440. The number of amides is 1. The zero-order valence-electron chi connectivity index (χ0n) is 20.6. The van der Waals surface area contributed by atoms with Gasteiger partial charge in [0.15, 0.2) is 5.82 Å². The molecular formula is C28H29FN4O4. The molecule has 0 bridgehead atoms. The van der Waals surface area contributed by atoms with Gasteiger partial charge in [0.25, 0.3) is 5.91 Å². The molecule has 9 heteroatoms. The number of carboxylic acid groups (broad SMARTS) is 1. The molecule has 1 saturated carbocycles. The van der Waals surface area contributed by atoms with Crippen molar-refractivity contribution in [3.8, 4) is 11.1 Å². The van der Waals surface area contributed by atoms with Gasteiger partial charge in [-0.25, -0.2) is 14.2 Å². The predicted molar refractivity (Wildman–Crippen MR) is 136 cm³/mol. The fraction of sp³-hybridized carbons (Fsp3) is 0.357. The molecule has 1 atom stereocenters. The number of H-pyrrole nitrogens is 1. The number of aromatic amines is 1. The third-order valence-electron chi connectivity index (χ3n) is 7.26. The first-order valence-electron chi connectivity index (χ1n) is 12.7. The molecule has 4 aromatic rings. The Kier molecular flexibility index (Phi) is 7.03. The number of aromatic nitrogens is 3.